The first-order valence-corrected chi connectivity index (χ1v) is 11.6. The fraction of sp³-hybridized carbons (Fsp3) is 0.346. The van der Waals surface area contributed by atoms with Crippen molar-refractivity contribution < 1.29 is 28.5 Å². The van der Waals surface area contributed by atoms with Crippen LogP contribution in [0.5, 0.6) is 11.5 Å². The fourth-order valence-corrected chi connectivity index (χ4v) is 3.97. The maximum absolute atomic E-state index is 12.8. The first-order valence-electron chi connectivity index (χ1n) is 11.6. The molecule has 0 radical (unpaired) electrons. The maximum Gasteiger partial charge on any atom is 0.337 e. The molecule has 3 aromatic rings. The number of hydrogen-bond donors (Lipinski definition) is 2. The summed E-state index contributed by atoms with van der Waals surface area (Å²) in [7, 11) is 2.84. The van der Waals surface area contributed by atoms with Crippen LogP contribution in [0.3, 0.4) is 0 Å². The van der Waals surface area contributed by atoms with Crippen molar-refractivity contribution in [2.24, 2.45) is 0 Å². The number of rotatable bonds is 9. The highest BCUT2D eigenvalue weighted by Crippen LogP contribution is 2.31. The first-order chi connectivity index (χ1) is 17.5. The van der Waals surface area contributed by atoms with Crippen molar-refractivity contribution in [2.75, 3.05) is 53.7 Å². The van der Waals surface area contributed by atoms with E-state index in [0.29, 0.717) is 53.3 Å². The summed E-state index contributed by atoms with van der Waals surface area (Å²) in [6.07, 6.45) is 0. The van der Waals surface area contributed by atoms with E-state index in [1.807, 2.05) is 0 Å². The maximum atomic E-state index is 12.8. The van der Waals surface area contributed by atoms with E-state index in [4.69, 9.17) is 18.9 Å². The zero-order chi connectivity index (χ0) is 25.5. The number of nitrogens with zero attached hydrogens (tertiary/aromatic N) is 1. The normalized spacial score (nSPS) is 13.8. The summed E-state index contributed by atoms with van der Waals surface area (Å²) in [5, 5.41) is 3.36. The van der Waals surface area contributed by atoms with Crippen molar-refractivity contribution in [3.05, 3.63) is 69.5 Å². The van der Waals surface area contributed by atoms with Crippen LogP contribution in [0.1, 0.15) is 26.3 Å². The monoisotopic (exact) mass is 495 g/mol. The number of H-pyrrole nitrogens is 1. The Bertz CT molecular complexity index is 1300. The zero-order valence-electron chi connectivity index (χ0n) is 20.3. The molecule has 1 saturated heterocycles. The largest absolute Gasteiger partial charge is 0.493 e. The summed E-state index contributed by atoms with van der Waals surface area (Å²) >= 11 is 0. The van der Waals surface area contributed by atoms with Crippen LogP contribution < -0.4 is 20.3 Å². The number of carbonyl (C=O) groups excluding carboxylic acids is 2. The molecule has 1 fully saturated rings. The van der Waals surface area contributed by atoms with Crippen LogP contribution >= 0.6 is 0 Å². The number of morpholine rings is 1. The number of methoxy groups -OCH3 is 2. The zero-order valence-corrected chi connectivity index (χ0v) is 20.3. The molecule has 2 aromatic carbocycles. The number of benzene rings is 2. The molecule has 1 amide bonds. The quantitative estimate of drug-likeness (QED) is 0.433. The molecule has 0 atom stereocenters. The number of carbonyl (C=O) groups is 2. The third kappa shape index (κ3) is 6.02. The van der Waals surface area contributed by atoms with Gasteiger partial charge in [0, 0.05) is 37.6 Å². The highest BCUT2D eigenvalue weighted by Gasteiger charge is 2.16. The highest BCUT2D eigenvalue weighted by molar-refractivity contribution is 5.97. The summed E-state index contributed by atoms with van der Waals surface area (Å²) in [5.41, 5.74) is 1.05. The number of esters is 1. The molecule has 0 aliphatic carbocycles. The molecule has 0 saturated carbocycles. The van der Waals surface area contributed by atoms with Gasteiger partial charge in [0.05, 0.1) is 38.5 Å². The molecular formula is C26H29N3O7. The number of fused-ring (bicyclic) bond motifs is 1. The second kappa shape index (κ2) is 11.7. The van der Waals surface area contributed by atoms with Crippen molar-refractivity contribution in [1.82, 2.24) is 15.2 Å². The lowest BCUT2D eigenvalue weighted by atomic mass is 10.1. The third-order valence-corrected chi connectivity index (χ3v) is 5.94. The molecule has 190 valence electrons. The van der Waals surface area contributed by atoms with Gasteiger partial charge in [-0.15, -0.1) is 0 Å². The molecule has 4 rings (SSSR count). The minimum absolute atomic E-state index is 0.0314. The fourth-order valence-electron chi connectivity index (χ4n) is 3.97. The number of aromatic amines is 1. The van der Waals surface area contributed by atoms with Gasteiger partial charge in [-0.05, 0) is 29.8 Å². The summed E-state index contributed by atoms with van der Waals surface area (Å²) < 4.78 is 21.5. The molecule has 2 N–H and O–H groups in total. The highest BCUT2D eigenvalue weighted by atomic mass is 16.5. The summed E-state index contributed by atoms with van der Waals surface area (Å²) in [6, 6.07) is 11.7. The number of pyridine rings is 1. The van der Waals surface area contributed by atoms with E-state index in [-0.39, 0.29) is 12.1 Å². The molecule has 2 heterocycles. The Kier molecular flexibility index (Phi) is 8.19. The number of ether oxygens (including phenoxy) is 4. The van der Waals surface area contributed by atoms with E-state index in [2.05, 4.69) is 15.2 Å². The molecule has 10 nitrogen and oxygen atoms in total. The van der Waals surface area contributed by atoms with Gasteiger partial charge in [0.15, 0.2) is 11.5 Å². The Labute approximate surface area is 208 Å². The summed E-state index contributed by atoms with van der Waals surface area (Å²) in [4.78, 5) is 42.2. The van der Waals surface area contributed by atoms with E-state index >= 15 is 0 Å². The number of aromatic nitrogens is 1. The van der Waals surface area contributed by atoms with Crippen LogP contribution in [-0.2, 0) is 16.0 Å². The van der Waals surface area contributed by atoms with Crippen LogP contribution in [0.25, 0.3) is 10.9 Å². The molecule has 0 unspecified atom stereocenters. The average Bonchev–Trinajstić information content (AvgIpc) is 2.91. The summed E-state index contributed by atoms with van der Waals surface area (Å²) in [6.45, 7) is 4.52. The lowest BCUT2D eigenvalue weighted by molar-refractivity contribution is 0.0321. The van der Waals surface area contributed by atoms with Crippen LogP contribution in [0, 0.1) is 0 Å². The first kappa shape index (κ1) is 25.2. The Morgan fingerprint density at radius 1 is 1.08 bits per heavy atom. The molecular weight excluding hydrogens is 466 g/mol. The lowest BCUT2D eigenvalue weighted by Crippen LogP contribution is -2.38. The molecule has 10 heteroatoms. The van der Waals surface area contributed by atoms with E-state index in [1.54, 1.807) is 36.4 Å². The molecule has 1 aliphatic rings. The van der Waals surface area contributed by atoms with Gasteiger partial charge in [0.25, 0.3) is 11.5 Å². The van der Waals surface area contributed by atoms with E-state index in [1.165, 1.54) is 20.3 Å². The molecule has 0 bridgehead atoms. The van der Waals surface area contributed by atoms with Crippen LogP contribution in [0.2, 0.25) is 0 Å². The molecule has 36 heavy (non-hydrogen) atoms. The Morgan fingerprint density at radius 3 is 2.64 bits per heavy atom. The van der Waals surface area contributed by atoms with Gasteiger partial charge in [-0.2, -0.15) is 0 Å². The van der Waals surface area contributed by atoms with Crippen molar-refractivity contribution in [2.45, 2.75) is 6.54 Å². The van der Waals surface area contributed by atoms with Gasteiger partial charge in [0.2, 0.25) is 0 Å². The predicted octanol–water partition coefficient (Wildman–Crippen LogP) is 1.96. The molecule has 1 aliphatic heterocycles. The van der Waals surface area contributed by atoms with Gasteiger partial charge < -0.3 is 29.2 Å². The second-order valence-corrected chi connectivity index (χ2v) is 8.28. The van der Waals surface area contributed by atoms with Gasteiger partial charge >= 0.3 is 5.97 Å². The molecule has 0 spiro atoms. The second-order valence-electron chi connectivity index (χ2n) is 8.28. The number of nitrogens with one attached hydrogen (secondary N) is 2. The van der Waals surface area contributed by atoms with Gasteiger partial charge in [-0.25, -0.2) is 4.79 Å². The minimum atomic E-state index is -0.535. The molecule has 1 aromatic heterocycles. The third-order valence-electron chi connectivity index (χ3n) is 5.94. The van der Waals surface area contributed by atoms with Gasteiger partial charge in [-0.1, -0.05) is 12.1 Å². The lowest BCUT2D eigenvalue weighted by Gasteiger charge is -2.26. The Balaban J connectivity index is 1.48. The van der Waals surface area contributed by atoms with Crippen LogP contribution in [0.4, 0.5) is 0 Å². The van der Waals surface area contributed by atoms with Crippen molar-refractivity contribution >= 4 is 22.8 Å². The van der Waals surface area contributed by atoms with Crippen LogP contribution in [-0.4, -0.2) is 75.4 Å². The van der Waals surface area contributed by atoms with Crippen molar-refractivity contribution in [1.29, 1.82) is 0 Å². The number of hydrogen-bond acceptors (Lipinski definition) is 8. The van der Waals surface area contributed by atoms with Gasteiger partial charge in [-0.3, -0.25) is 14.5 Å². The van der Waals surface area contributed by atoms with E-state index in [9.17, 15) is 14.4 Å². The average molecular weight is 496 g/mol. The van der Waals surface area contributed by atoms with Crippen molar-refractivity contribution in [3.63, 3.8) is 0 Å². The minimum Gasteiger partial charge on any atom is -0.493 e. The van der Waals surface area contributed by atoms with Crippen LogP contribution in [0.15, 0.2) is 47.3 Å². The van der Waals surface area contributed by atoms with E-state index in [0.717, 1.165) is 19.6 Å². The Hall–Kier alpha value is -3.89. The van der Waals surface area contributed by atoms with E-state index < -0.39 is 17.4 Å². The standard InChI is InChI=1S/C26H29N3O7/c1-33-22-15-21-19(14-23(22)36-11-8-29-6-9-35-10-7-29)13-20(25(31)28-21)24(30)27-16-17-4-3-5-18(12-17)26(32)34-2/h3-5,12-15H,6-11,16H2,1-2H3,(H,27,30)(H,28,31). The topological polar surface area (TPSA) is 119 Å². The SMILES string of the molecule is COC(=O)c1cccc(CNC(=O)c2cc3cc(OCCN4CCOCC4)c(OC)cc3[nH]c2=O)c1. The smallest absolute Gasteiger partial charge is 0.337 e. The summed E-state index contributed by atoms with van der Waals surface area (Å²) in [5.74, 6) is 0.0129. The van der Waals surface area contributed by atoms with Gasteiger partial charge in [0.1, 0.15) is 12.2 Å². The van der Waals surface area contributed by atoms with Crippen molar-refractivity contribution in [3.8, 4) is 11.5 Å². The Morgan fingerprint density at radius 2 is 1.89 bits per heavy atom. The number of amides is 1. The predicted molar refractivity (Wildman–Crippen MR) is 133 cm³/mol.